The van der Waals surface area contributed by atoms with Gasteiger partial charge >= 0.3 is 0 Å². The molecule has 0 fully saturated rings. The summed E-state index contributed by atoms with van der Waals surface area (Å²) in [6.07, 6.45) is 0. The molecule has 2 aromatic carbocycles. The summed E-state index contributed by atoms with van der Waals surface area (Å²) in [5.41, 5.74) is 3.74. The number of para-hydroxylation sites is 1. The molecule has 0 unspecified atom stereocenters. The summed E-state index contributed by atoms with van der Waals surface area (Å²) in [5, 5.41) is 12.7. The second-order valence-electron chi connectivity index (χ2n) is 5.62. The van der Waals surface area contributed by atoms with E-state index in [1.807, 2.05) is 35.0 Å². The Labute approximate surface area is 146 Å². The van der Waals surface area contributed by atoms with Crippen LogP contribution < -0.4 is 5.32 Å². The summed E-state index contributed by atoms with van der Waals surface area (Å²) in [4.78, 5) is 3.23. The third-order valence-corrected chi connectivity index (χ3v) is 4.60. The molecule has 2 aromatic heterocycles. The van der Waals surface area contributed by atoms with Crippen molar-refractivity contribution in [3.05, 3.63) is 58.4 Å². The second-order valence-corrected chi connectivity index (χ2v) is 6.48. The average molecular weight is 388 g/mol. The number of hydrogen-bond donors (Lipinski definition) is 2. The van der Waals surface area contributed by atoms with E-state index in [1.54, 1.807) is 0 Å². The monoisotopic (exact) mass is 387 g/mol. The minimum absolute atomic E-state index is 0.256. The maximum atomic E-state index is 13.4. The van der Waals surface area contributed by atoms with Crippen molar-refractivity contribution in [3.63, 3.8) is 0 Å². The first-order chi connectivity index (χ1) is 11.7. The van der Waals surface area contributed by atoms with Crippen molar-refractivity contribution in [3.8, 4) is 0 Å². The fourth-order valence-electron chi connectivity index (χ4n) is 2.80. The number of benzene rings is 2. The maximum Gasteiger partial charge on any atom is 0.126 e. The van der Waals surface area contributed by atoms with Crippen LogP contribution in [-0.4, -0.2) is 26.5 Å². The highest BCUT2D eigenvalue weighted by molar-refractivity contribution is 9.10. The van der Waals surface area contributed by atoms with Crippen LogP contribution in [0.1, 0.15) is 5.69 Å². The zero-order chi connectivity index (χ0) is 16.5. The number of halogens is 2. The van der Waals surface area contributed by atoms with E-state index in [0.717, 1.165) is 45.2 Å². The van der Waals surface area contributed by atoms with Crippen molar-refractivity contribution in [2.75, 3.05) is 6.54 Å². The van der Waals surface area contributed by atoms with Gasteiger partial charge in [0.25, 0.3) is 0 Å². The van der Waals surface area contributed by atoms with Crippen LogP contribution in [0.4, 0.5) is 4.39 Å². The van der Waals surface area contributed by atoms with Gasteiger partial charge in [-0.1, -0.05) is 17.3 Å². The lowest BCUT2D eigenvalue weighted by atomic mass is 10.2. The number of H-pyrrole nitrogens is 1. The molecule has 4 rings (SSSR count). The summed E-state index contributed by atoms with van der Waals surface area (Å²) in [7, 11) is 0. The van der Waals surface area contributed by atoms with Crippen LogP contribution in [0, 0.1) is 5.82 Å². The van der Waals surface area contributed by atoms with Crippen molar-refractivity contribution < 1.29 is 4.39 Å². The average Bonchev–Trinajstić information content (AvgIpc) is 3.16. The molecule has 0 spiro atoms. The molecule has 0 aliphatic carbocycles. The minimum Gasteiger partial charge on any atom is -0.357 e. The maximum absolute atomic E-state index is 13.4. The van der Waals surface area contributed by atoms with E-state index in [2.05, 4.69) is 36.5 Å². The second kappa shape index (κ2) is 6.33. The van der Waals surface area contributed by atoms with Crippen LogP contribution in [0.3, 0.4) is 0 Å². The molecule has 0 bridgehead atoms. The van der Waals surface area contributed by atoms with Crippen LogP contribution in [-0.2, 0) is 13.1 Å². The summed E-state index contributed by atoms with van der Waals surface area (Å²) in [5.74, 6) is -0.256. The number of aromatic amines is 1. The molecule has 0 aliphatic heterocycles. The Hall–Kier alpha value is -2.25. The third kappa shape index (κ3) is 2.92. The van der Waals surface area contributed by atoms with Crippen LogP contribution >= 0.6 is 15.9 Å². The van der Waals surface area contributed by atoms with Crippen molar-refractivity contribution >= 4 is 37.9 Å². The molecular formula is C17H15BrFN5. The first-order valence-corrected chi connectivity index (χ1v) is 8.45. The first kappa shape index (κ1) is 15.3. The predicted molar refractivity (Wildman–Crippen MR) is 95.2 cm³/mol. The molecule has 5 nitrogen and oxygen atoms in total. The van der Waals surface area contributed by atoms with Crippen LogP contribution in [0.2, 0.25) is 0 Å². The molecule has 7 heteroatoms. The lowest BCUT2D eigenvalue weighted by molar-refractivity contribution is 0.550. The van der Waals surface area contributed by atoms with E-state index in [1.165, 1.54) is 12.1 Å². The van der Waals surface area contributed by atoms with Crippen LogP contribution in [0.5, 0.6) is 0 Å². The third-order valence-electron chi connectivity index (χ3n) is 3.94. The molecule has 0 aliphatic rings. The fraction of sp³-hybridized carbons (Fsp3) is 0.176. The molecule has 0 radical (unpaired) electrons. The normalized spacial score (nSPS) is 11.6. The fourth-order valence-corrected chi connectivity index (χ4v) is 3.35. The number of fused-ring (bicyclic) bond motifs is 2. The number of nitrogens with one attached hydrogen (secondary N) is 2. The zero-order valence-electron chi connectivity index (χ0n) is 12.8. The highest BCUT2D eigenvalue weighted by atomic mass is 79.9. The van der Waals surface area contributed by atoms with Gasteiger partial charge in [0.05, 0.1) is 12.1 Å². The quantitative estimate of drug-likeness (QED) is 0.514. The van der Waals surface area contributed by atoms with Gasteiger partial charge in [-0.05, 0) is 46.3 Å². The van der Waals surface area contributed by atoms with Gasteiger partial charge in [-0.3, -0.25) is 0 Å². The smallest absolute Gasteiger partial charge is 0.126 e. The summed E-state index contributed by atoms with van der Waals surface area (Å²) in [6.45, 7) is 2.17. The molecule has 2 heterocycles. The van der Waals surface area contributed by atoms with Gasteiger partial charge in [0.2, 0.25) is 0 Å². The van der Waals surface area contributed by atoms with Gasteiger partial charge in [-0.25, -0.2) is 9.07 Å². The Bertz CT molecular complexity index is 1010. The Balaban J connectivity index is 1.40. The summed E-state index contributed by atoms with van der Waals surface area (Å²) in [6, 6.07) is 12.9. The largest absolute Gasteiger partial charge is 0.357 e. The standard InChI is InChI=1S/C17H15BrFN5/c18-14-7-11(19)8-16-13(14)9-12(21-16)10-20-5-6-24-17-4-2-1-3-15(17)22-23-24/h1-4,7-9,20-21H,5-6,10H2. The molecule has 122 valence electrons. The highest BCUT2D eigenvalue weighted by Gasteiger charge is 2.07. The number of rotatable bonds is 5. The first-order valence-electron chi connectivity index (χ1n) is 7.66. The van der Waals surface area contributed by atoms with E-state index in [4.69, 9.17) is 0 Å². The van der Waals surface area contributed by atoms with Gasteiger partial charge in [-0.15, -0.1) is 5.10 Å². The lowest BCUT2D eigenvalue weighted by Gasteiger charge is -2.04. The number of nitrogens with zero attached hydrogens (tertiary/aromatic N) is 3. The summed E-state index contributed by atoms with van der Waals surface area (Å²) < 4.78 is 16.1. The molecule has 0 atom stereocenters. The van der Waals surface area contributed by atoms with E-state index in [9.17, 15) is 4.39 Å². The SMILES string of the molecule is Fc1cc(Br)c2cc(CNCCn3nnc4ccccc43)[nH]c2c1. The van der Waals surface area contributed by atoms with Gasteiger partial charge < -0.3 is 10.3 Å². The van der Waals surface area contributed by atoms with Crippen LogP contribution in [0.15, 0.2) is 46.9 Å². The van der Waals surface area contributed by atoms with Crippen molar-refractivity contribution in [2.24, 2.45) is 0 Å². The van der Waals surface area contributed by atoms with Gasteiger partial charge in [0.1, 0.15) is 11.3 Å². The zero-order valence-corrected chi connectivity index (χ0v) is 14.3. The molecule has 0 amide bonds. The Kier molecular flexibility index (Phi) is 4.03. The van der Waals surface area contributed by atoms with Crippen molar-refractivity contribution in [1.82, 2.24) is 25.3 Å². The van der Waals surface area contributed by atoms with E-state index < -0.39 is 0 Å². The van der Waals surface area contributed by atoms with E-state index in [-0.39, 0.29) is 5.82 Å². The minimum atomic E-state index is -0.256. The molecule has 4 aromatic rings. The molecule has 2 N–H and O–H groups in total. The highest BCUT2D eigenvalue weighted by Crippen LogP contribution is 2.26. The van der Waals surface area contributed by atoms with Gasteiger partial charge in [0.15, 0.2) is 0 Å². The molecular weight excluding hydrogens is 373 g/mol. The Morgan fingerprint density at radius 3 is 3.00 bits per heavy atom. The van der Waals surface area contributed by atoms with Gasteiger partial charge in [0, 0.05) is 34.2 Å². The Morgan fingerprint density at radius 1 is 1.21 bits per heavy atom. The number of aromatic nitrogens is 4. The van der Waals surface area contributed by atoms with Crippen molar-refractivity contribution in [2.45, 2.75) is 13.1 Å². The number of hydrogen-bond acceptors (Lipinski definition) is 3. The van der Waals surface area contributed by atoms with E-state index >= 15 is 0 Å². The predicted octanol–water partition coefficient (Wildman–Crippen LogP) is 3.60. The van der Waals surface area contributed by atoms with E-state index in [0.29, 0.717) is 6.54 Å². The lowest BCUT2D eigenvalue weighted by Crippen LogP contribution is -2.20. The molecule has 0 saturated carbocycles. The van der Waals surface area contributed by atoms with Gasteiger partial charge in [-0.2, -0.15) is 0 Å². The molecule has 24 heavy (non-hydrogen) atoms. The van der Waals surface area contributed by atoms with Crippen molar-refractivity contribution in [1.29, 1.82) is 0 Å². The van der Waals surface area contributed by atoms with Crippen LogP contribution in [0.25, 0.3) is 21.9 Å². The Morgan fingerprint density at radius 2 is 2.08 bits per heavy atom. The summed E-state index contributed by atoms with van der Waals surface area (Å²) >= 11 is 3.39. The topological polar surface area (TPSA) is 58.5 Å². The molecule has 0 saturated heterocycles.